The molecule has 0 radical (unpaired) electrons. The number of methoxy groups -OCH3 is 1. The molecular weight excluding hydrogens is 222 g/mol. The average molecular weight is 243 g/mol. The first kappa shape index (κ1) is 12.9. The number of rotatable bonds is 2. The Balaban J connectivity index is 2.83. The first-order chi connectivity index (χ1) is 8.47. The molecule has 0 aliphatic rings. The van der Waals surface area contributed by atoms with Gasteiger partial charge in [-0.1, -0.05) is 39.0 Å². The van der Waals surface area contributed by atoms with E-state index in [9.17, 15) is 0 Å². The van der Waals surface area contributed by atoms with Crippen LogP contribution in [0.1, 0.15) is 31.9 Å². The van der Waals surface area contributed by atoms with Crippen molar-refractivity contribution < 1.29 is 4.74 Å². The number of ether oxygens (including phenoxy) is 1. The van der Waals surface area contributed by atoms with Gasteiger partial charge in [-0.15, -0.1) is 0 Å². The molecule has 0 unspecified atom stereocenters. The standard InChI is InChI=1S/C16H21NO/c1-16(2,3)15-12(10-17)6-5-11-7-8-13(18-4)9-14(11)15/h5-9H,10,17H2,1-4H3. The summed E-state index contributed by atoms with van der Waals surface area (Å²) in [7, 11) is 1.70. The van der Waals surface area contributed by atoms with Crippen LogP contribution in [0.15, 0.2) is 30.3 Å². The molecule has 2 aromatic carbocycles. The monoisotopic (exact) mass is 243 g/mol. The zero-order valence-corrected chi connectivity index (χ0v) is 11.6. The van der Waals surface area contributed by atoms with Crippen molar-refractivity contribution in [3.8, 4) is 5.75 Å². The van der Waals surface area contributed by atoms with Crippen LogP contribution >= 0.6 is 0 Å². The Morgan fingerprint density at radius 3 is 2.33 bits per heavy atom. The lowest BCUT2D eigenvalue weighted by Crippen LogP contribution is -2.16. The highest BCUT2D eigenvalue weighted by atomic mass is 16.5. The van der Waals surface area contributed by atoms with Gasteiger partial charge in [0, 0.05) is 6.54 Å². The lowest BCUT2D eigenvalue weighted by atomic mass is 9.80. The Bertz CT molecular complexity index is 562. The second-order valence-electron chi connectivity index (χ2n) is 5.64. The highest BCUT2D eigenvalue weighted by Crippen LogP contribution is 2.34. The average Bonchev–Trinajstić information content (AvgIpc) is 2.35. The summed E-state index contributed by atoms with van der Waals surface area (Å²) >= 11 is 0. The van der Waals surface area contributed by atoms with Gasteiger partial charge in [-0.2, -0.15) is 0 Å². The Hall–Kier alpha value is -1.54. The fraction of sp³-hybridized carbons (Fsp3) is 0.375. The highest BCUT2D eigenvalue weighted by Gasteiger charge is 2.20. The van der Waals surface area contributed by atoms with E-state index in [1.165, 1.54) is 21.9 Å². The third-order valence-electron chi connectivity index (χ3n) is 3.28. The van der Waals surface area contributed by atoms with E-state index in [4.69, 9.17) is 10.5 Å². The van der Waals surface area contributed by atoms with Gasteiger partial charge < -0.3 is 10.5 Å². The van der Waals surface area contributed by atoms with E-state index in [0.717, 1.165) is 5.75 Å². The summed E-state index contributed by atoms with van der Waals surface area (Å²) in [6, 6.07) is 10.5. The molecule has 0 saturated carbocycles. The van der Waals surface area contributed by atoms with Crippen molar-refractivity contribution in [2.24, 2.45) is 5.73 Å². The van der Waals surface area contributed by atoms with Crippen LogP contribution in [0.4, 0.5) is 0 Å². The number of fused-ring (bicyclic) bond motifs is 1. The molecule has 0 bridgehead atoms. The molecule has 0 saturated heterocycles. The molecule has 0 aromatic heterocycles. The van der Waals surface area contributed by atoms with Crippen molar-refractivity contribution in [3.05, 3.63) is 41.5 Å². The summed E-state index contributed by atoms with van der Waals surface area (Å²) in [5.41, 5.74) is 8.48. The van der Waals surface area contributed by atoms with Crippen LogP contribution in [-0.4, -0.2) is 7.11 Å². The number of benzene rings is 2. The second-order valence-corrected chi connectivity index (χ2v) is 5.64. The zero-order valence-electron chi connectivity index (χ0n) is 11.6. The van der Waals surface area contributed by atoms with E-state index in [-0.39, 0.29) is 5.41 Å². The Kier molecular flexibility index (Phi) is 3.31. The lowest BCUT2D eigenvalue weighted by Gasteiger charge is -2.25. The van der Waals surface area contributed by atoms with Crippen LogP contribution in [0, 0.1) is 0 Å². The van der Waals surface area contributed by atoms with Crippen LogP contribution in [-0.2, 0) is 12.0 Å². The van der Waals surface area contributed by atoms with E-state index in [1.54, 1.807) is 7.11 Å². The summed E-state index contributed by atoms with van der Waals surface area (Å²) in [4.78, 5) is 0. The minimum absolute atomic E-state index is 0.0700. The smallest absolute Gasteiger partial charge is 0.119 e. The summed E-state index contributed by atoms with van der Waals surface area (Å²) < 4.78 is 5.33. The van der Waals surface area contributed by atoms with Gasteiger partial charge in [0.1, 0.15) is 5.75 Å². The molecule has 18 heavy (non-hydrogen) atoms. The fourth-order valence-electron chi connectivity index (χ4n) is 2.53. The van der Waals surface area contributed by atoms with Crippen LogP contribution in [0.5, 0.6) is 5.75 Å². The lowest BCUT2D eigenvalue weighted by molar-refractivity contribution is 0.415. The molecule has 2 rings (SSSR count). The molecule has 0 atom stereocenters. The van der Waals surface area contributed by atoms with Gasteiger partial charge >= 0.3 is 0 Å². The van der Waals surface area contributed by atoms with Crippen LogP contribution in [0.3, 0.4) is 0 Å². The summed E-state index contributed by atoms with van der Waals surface area (Å²) in [6.45, 7) is 7.24. The van der Waals surface area contributed by atoms with Gasteiger partial charge in [-0.25, -0.2) is 0 Å². The third-order valence-corrected chi connectivity index (χ3v) is 3.28. The molecule has 0 spiro atoms. The maximum atomic E-state index is 5.88. The molecule has 2 nitrogen and oxygen atoms in total. The molecule has 0 fully saturated rings. The van der Waals surface area contributed by atoms with E-state index in [0.29, 0.717) is 6.54 Å². The van der Waals surface area contributed by atoms with Gasteiger partial charge in [-0.05, 0) is 39.4 Å². The Morgan fingerprint density at radius 2 is 1.78 bits per heavy atom. The van der Waals surface area contributed by atoms with Crippen LogP contribution < -0.4 is 10.5 Å². The first-order valence-electron chi connectivity index (χ1n) is 6.27. The molecule has 0 heterocycles. The zero-order chi connectivity index (χ0) is 13.3. The largest absolute Gasteiger partial charge is 0.497 e. The van der Waals surface area contributed by atoms with Crippen molar-refractivity contribution >= 4 is 10.8 Å². The molecule has 2 N–H and O–H groups in total. The fourth-order valence-corrected chi connectivity index (χ4v) is 2.53. The Morgan fingerprint density at radius 1 is 1.11 bits per heavy atom. The first-order valence-corrected chi connectivity index (χ1v) is 6.27. The molecule has 2 heteroatoms. The predicted molar refractivity (Wildman–Crippen MR) is 77.1 cm³/mol. The summed E-state index contributed by atoms with van der Waals surface area (Å²) in [5, 5.41) is 2.47. The number of hydrogen-bond acceptors (Lipinski definition) is 2. The van der Waals surface area contributed by atoms with E-state index in [1.807, 2.05) is 6.07 Å². The molecule has 0 amide bonds. The summed E-state index contributed by atoms with van der Waals surface area (Å²) in [5.74, 6) is 0.891. The van der Waals surface area contributed by atoms with Gasteiger partial charge in [-0.3, -0.25) is 0 Å². The minimum atomic E-state index is 0.0700. The topological polar surface area (TPSA) is 35.2 Å². The quantitative estimate of drug-likeness (QED) is 0.874. The van der Waals surface area contributed by atoms with Gasteiger partial charge in [0.25, 0.3) is 0 Å². The summed E-state index contributed by atoms with van der Waals surface area (Å²) in [6.07, 6.45) is 0. The molecule has 2 aromatic rings. The van der Waals surface area contributed by atoms with Gasteiger partial charge in [0.15, 0.2) is 0 Å². The van der Waals surface area contributed by atoms with Gasteiger partial charge in [0.05, 0.1) is 7.11 Å². The number of nitrogens with two attached hydrogens (primary N) is 1. The third kappa shape index (κ3) is 2.21. The van der Waals surface area contributed by atoms with Crippen molar-refractivity contribution in [1.29, 1.82) is 0 Å². The molecular formula is C16H21NO. The second kappa shape index (κ2) is 4.62. The highest BCUT2D eigenvalue weighted by molar-refractivity contribution is 5.89. The van der Waals surface area contributed by atoms with Crippen molar-refractivity contribution in [2.75, 3.05) is 7.11 Å². The maximum absolute atomic E-state index is 5.88. The van der Waals surface area contributed by atoms with Crippen molar-refractivity contribution in [3.63, 3.8) is 0 Å². The Labute approximate surface area is 109 Å². The predicted octanol–water partition coefficient (Wildman–Crippen LogP) is 3.60. The van der Waals surface area contributed by atoms with Crippen LogP contribution in [0.25, 0.3) is 10.8 Å². The number of hydrogen-bond donors (Lipinski definition) is 1. The molecule has 0 aliphatic heterocycles. The molecule has 96 valence electrons. The van der Waals surface area contributed by atoms with Crippen molar-refractivity contribution in [2.45, 2.75) is 32.7 Å². The van der Waals surface area contributed by atoms with Gasteiger partial charge in [0.2, 0.25) is 0 Å². The molecule has 0 aliphatic carbocycles. The normalized spacial score (nSPS) is 11.8. The minimum Gasteiger partial charge on any atom is -0.497 e. The van der Waals surface area contributed by atoms with Crippen LogP contribution in [0.2, 0.25) is 0 Å². The maximum Gasteiger partial charge on any atom is 0.119 e. The van der Waals surface area contributed by atoms with Crippen molar-refractivity contribution in [1.82, 2.24) is 0 Å². The SMILES string of the molecule is COc1ccc2ccc(CN)c(C(C)(C)C)c2c1. The van der Waals surface area contributed by atoms with E-state index in [2.05, 4.69) is 45.0 Å². The van der Waals surface area contributed by atoms with E-state index >= 15 is 0 Å². The van der Waals surface area contributed by atoms with E-state index < -0.39 is 0 Å².